The van der Waals surface area contributed by atoms with Gasteiger partial charge in [0, 0.05) is 36.6 Å². The summed E-state index contributed by atoms with van der Waals surface area (Å²) < 4.78 is 28.2. The van der Waals surface area contributed by atoms with Crippen molar-refractivity contribution in [3.8, 4) is 11.4 Å². The number of hydrogen-bond acceptors (Lipinski definition) is 5. The van der Waals surface area contributed by atoms with Crippen molar-refractivity contribution in [1.29, 1.82) is 0 Å². The number of nitrogens with two attached hydrogens (primary N) is 1. The normalized spacial score (nSPS) is 12.2. The first-order chi connectivity index (χ1) is 12.5. The Morgan fingerprint density at radius 2 is 2.04 bits per heavy atom. The van der Waals surface area contributed by atoms with E-state index >= 15 is 0 Å². The quantitative estimate of drug-likeness (QED) is 0.689. The molecule has 3 N–H and O–H groups in total. The van der Waals surface area contributed by atoms with Crippen LogP contribution in [0.4, 0.5) is 8.78 Å². The highest BCUT2D eigenvalue weighted by Crippen LogP contribution is 2.23. The molecule has 9 heteroatoms. The van der Waals surface area contributed by atoms with Crippen molar-refractivity contribution in [1.82, 2.24) is 20.1 Å². The maximum atomic E-state index is 13.3. The zero-order valence-corrected chi connectivity index (χ0v) is 14.8. The van der Waals surface area contributed by atoms with Gasteiger partial charge in [0.25, 0.3) is 5.91 Å². The Morgan fingerprint density at radius 3 is 2.65 bits per heavy atom. The SMILES string of the molecule is Cn1ncnc1-c1csc(C(=O)NC(CN)Cc2cc(F)cc(F)c2)c1. The van der Waals surface area contributed by atoms with Crippen LogP contribution in [0.3, 0.4) is 0 Å². The van der Waals surface area contributed by atoms with Crippen molar-refractivity contribution in [2.75, 3.05) is 6.54 Å². The first-order valence-electron chi connectivity index (χ1n) is 7.85. The van der Waals surface area contributed by atoms with Gasteiger partial charge in [-0.25, -0.2) is 18.4 Å². The number of benzene rings is 1. The lowest BCUT2D eigenvalue weighted by Crippen LogP contribution is -2.41. The molecule has 0 aliphatic carbocycles. The summed E-state index contributed by atoms with van der Waals surface area (Å²) >= 11 is 1.27. The van der Waals surface area contributed by atoms with E-state index in [0.717, 1.165) is 11.6 Å². The second-order valence-electron chi connectivity index (χ2n) is 5.79. The smallest absolute Gasteiger partial charge is 0.261 e. The van der Waals surface area contributed by atoms with E-state index in [1.165, 1.54) is 29.8 Å². The summed E-state index contributed by atoms with van der Waals surface area (Å²) in [5.74, 6) is -0.955. The number of hydrogen-bond donors (Lipinski definition) is 2. The monoisotopic (exact) mass is 377 g/mol. The predicted molar refractivity (Wildman–Crippen MR) is 94.7 cm³/mol. The van der Waals surface area contributed by atoms with Gasteiger partial charge < -0.3 is 11.1 Å². The molecule has 0 bridgehead atoms. The number of aromatic nitrogens is 3. The van der Waals surface area contributed by atoms with E-state index in [1.807, 2.05) is 5.38 Å². The van der Waals surface area contributed by atoms with Crippen LogP contribution < -0.4 is 11.1 Å². The summed E-state index contributed by atoms with van der Waals surface area (Å²) in [5.41, 5.74) is 6.93. The molecule has 2 heterocycles. The third-order valence-electron chi connectivity index (χ3n) is 3.82. The number of aryl methyl sites for hydroxylation is 1. The molecule has 0 saturated carbocycles. The summed E-state index contributed by atoms with van der Waals surface area (Å²) in [6.45, 7) is 0.144. The second kappa shape index (κ2) is 7.71. The molecule has 3 rings (SSSR count). The van der Waals surface area contributed by atoms with Gasteiger partial charge in [0.15, 0.2) is 5.82 Å². The predicted octanol–water partition coefficient (Wildman–Crippen LogP) is 2.12. The Labute approximate surface area is 152 Å². The minimum absolute atomic E-state index is 0.144. The van der Waals surface area contributed by atoms with Crippen LogP contribution in [0, 0.1) is 11.6 Å². The van der Waals surface area contributed by atoms with E-state index in [4.69, 9.17) is 5.73 Å². The third kappa shape index (κ3) is 4.12. The minimum Gasteiger partial charge on any atom is -0.347 e. The number of amides is 1. The summed E-state index contributed by atoms with van der Waals surface area (Å²) in [6, 6.07) is 4.55. The molecule has 1 amide bonds. The van der Waals surface area contributed by atoms with Crippen molar-refractivity contribution >= 4 is 17.2 Å². The van der Waals surface area contributed by atoms with E-state index in [2.05, 4.69) is 15.4 Å². The summed E-state index contributed by atoms with van der Waals surface area (Å²) in [4.78, 5) is 17.1. The Balaban J connectivity index is 1.69. The molecule has 0 spiro atoms. The van der Waals surface area contributed by atoms with Gasteiger partial charge in [0.1, 0.15) is 18.0 Å². The molecular weight excluding hydrogens is 360 g/mol. The van der Waals surface area contributed by atoms with Crippen molar-refractivity contribution < 1.29 is 13.6 Å². The second-order valence-corrected chi connectivity index (χ2v) is 6.71. The van der Waals surface area contributed by atoms with Crippen molar-refractivity contribution in [2.24, 2.45) is 12.8 Å². The Bertz CT molecular complexity index is 903. The van der Waals surface area contributed by atoms with Crippen LogP contribution in [0.2, 0.25) is 0 Å². The third-order valence-corrected chi connectivity index (χ3v) is 4.75. The number of carbonyl (C=O) groups excluding carboxylic acids is 1. The summed E-state index contributed by atoms with van der Waals surface area (Å²) in [7, 11) is 1.77. The molecule has 2 aromatic heterocycles. The lowest BCUT2D eigenvalue weighted by atomic mass is 10.1. The van der Waals surface area contributed by atoms with Crippen molar-refractivity contribution in [3.05, 3.63) is 58.0 Å². The summed E-state index contributed by atoms with van der Waals surface area (Å²) in [5, 5.41) is 8.62. The van der Waals surface area contributed by atoms with Gasteiger partial charge in [-0.1, -0.05) is 0 Å². The molecule has 0 radical (unpaired) electrons. The largest absolute Gasteiger partial charge is 0.347 e. The Kier molecular flexibility index (Phi) is 5.38. The number of nitrogens with one attached hydrogen (secondary N) is 1. The first kappa shape index (κ1) is 18.2. The van der Waals surface area contributed by atoms with Gasteiger partial charge in [-0.3, -0.25) is 4.79 Å². The van der Waals surface area contributed by atoms with Crippen molar-refractivity contribution in [2.45, 2.75) is 12.5 Å². The van der Waals surface area contributed by atoms with Gasteiger partial charge in [-0.15, -0.1) is 11.3 Å². The molecule has 1 aromatic carbocycles. The molecule has 0 aliphatic rings. The van der Waals surface area contributed by atoms with Crippen LogP contribution in [0.25, 0.3) is 11.4 Å². The molecule has 136 valence electrons. The highest BCUT2D eigenvalue weighted by atomic mass is 32.1. The molecule has 1 unspecified atom stereocenters. The highest BCUT2D eigenvalue weighted by molar-refractivity contribution is 7.12. The first-order valence-corrected chi connectivity index (χ1v) is 8.73. The Hall–Kier alpha value is -2.65. The van der Waals surface area contributed by atoms with Crippen LogP contribution in [0.1, 0.15) is 15.2 Å². The zero-order valence-electron chi connectivity index (χ0n) is 13.9. The Morgan fingerprint density at radius 1 is 1.31 bits per heavy atom. The number of rotatable bonds is 6. The van der Waals surface area contributed by atoms with E-state index in [9.17, 15) is 13.6 Å². The van der Waals surface area contributed by atoms with Crippen LogP contribution in [0.5, 0.6) is 0 Å². The van der Waals surface area contributed by atoms with Gasteiger partial charge in [0.2, 0.25) is 0 Å². The number of nitrogens with zero attached hydrogens (tertiary/aromatic N) is 3. The lowest BCUT2D eigenvalue weighted by Gasteiger charge is -2.16. The fourth-order valence-electron chi connectivity index (χ4n) is 2.59. The zero-order chi connectivity index (χ0) is 18.7. The summed E-state index contributed by atoms with van der Waals surface area (Å²) in [6.07, 6.45) is 1.67. The van der Waals surface area contributed by atoms with Crippen LogP contribution in [-0.2, 0) is 13.5 Å². The standard InChI is InChI=1S/C17H17F2N5OS/c1-24-16(21-9-22-24)11-5-15(26-8-11)17(25)23-14(7-20)4-10-2-12(18)6-13(19)3-10/h2-3,5-6,8-9,14H,4,7,20H2,1H3,(H,23,25). The molecule has 6 nitrogen and oxygen atoms in total. The topological polar surface area (TPSA) is 85.8 Å². The van der Waals surface area contributed by atoms with Crippen LogP contribution in [0.15, 0.2) is 36.0 Å². The van der Waals surface area contributed by atoms with E-state index in [-0.39, 0.29) is 18.9 Å². The molecule has 3 aromatic rings. The fourth-order valence-corrected chi connectivity index (χ4v) is 3.38. The minimum atomic E-state index is -0.659. The van der Waals surface area contributed by atoms with Crippen LogP contribution in [-0.4, -0.2) is 33.3 Å². The van der Waals surface area contributed by atoms with E-state index < -0.39 is 17.7 Å². The fraction of sp³-hybridized carbons (Fsp3) is 0.235. The maximum absolute atomic E-state index is 13.3. The van der Waals surface area contributed by atoms with Gasteiger partial charge >= 0.3 is 0 Å². The van der Waals surface area contributed by atoms with Gasteiger partial charge in [-0.05, 0) is 30.2 Å². The number of halogens is 2. The van der Waals surface area contributed by atoms with E-state index in [0.29, 0.717) is 16.3 Å². The molecule has 1 atom stereocenters. The lowest BCUT2D eigenvalue weighted by molar-refractivity contribution is 0.0942. The number of carbonyl (C=O) groups is 1. The maximum Gasteiger partial charge on any atom is 0.261 e. The van der Waals surface area contributed by atoms with Crippen molar-refractivity contribution in [3.63, 3.8) is 0 Å². The molecule has 26 heavy (non-hydrogen) atoms. The molecular formula is C17H17F2N5OS. The van der Waals surface area contributed by atoms with Gasteiger partial charge in [0.05, 0.1) is 4.88 Å². The van der Waals surface area contributed by atoms with Gasteiger partial charge in [-0.2, -0.15) is 5.10 Å². The number of thiophene rings is 1. The molecule has 0 aliphatic heterocycles. The average molecular weight is 377 g/mol. The van der Waals surface area contributed by atoms with Crippen LogP contribution >= 0.6 is 11.3 Å². The highest BCUT2D eigenvalue weighted by Gasteiger charge is 2.17. The van der Waals surface area contributed by atoms with E-state index in [1.54, 1.807) is 17.8 Å². The molecule has 0 fully saturated rings. The average Bonchev–Trinajstić information content (AvgIpc) is 3.21. The molecule has 0 saturated heterocycles.